The lowest BCUT2D eigenvalue weighted by Crippen LogP contribution is -2.42. The van der Waals surface area contributed by atoms with Crippen molar-refractivity contribution in [3.8, 4) is 5.75 Å². The number of benzene rings is 1. The zero-order valence-corrected chi connectivity index (χ0v) is 14.1. The van der Waals surface area contributed by atoms with E-state index in [0.29, 0.717) is 18.3 Å². The summed E-state index contributed by atoms with van der Waals surface area (Å²) in [6.45, 7) is 2.27. The second kappa shape index (κ2) is 6.84. The zero-order valence-electron chi connectivity index (χ0n) is 10.9. The maximum absolute atomic E-state index is 13.3. The molecule has 1 saturated heterocycles. The summed E-state index contributed by atoms with van der Waals surface area (Å²) in [5.74, 6) is 3.12. The van der Waals surface area contributed by atoms with Crippen LogP contribution in [0.3, 0.4) is 0 Å². The maximum atomic E-state index is 13.3. The molecule has 0 radical (unpaired) electrons. The highest BCUT2D eigenvalue weighted by atomic mass is 127. The number of aliphatic imine (C=N–C) groups is 1. The van der Waals surface area contributed by atoms with Gasteiger partial charge in [-0.3, -0.25) is 0 Å². The predicted molar refractivity (Wildman–Crippen MR) is 90.6 cm³/mol. The first kappa shape index (κ1) is 15.7. The minimum absolute atomic E-state index is 0. The number of ether oxygens (including phenoxy) is 1. The quantitative estimate of drug-likeness (QED) is 0.439. The van der Waals surface area contributed by atoms with Gasteiger partial charge in [-0.2, -0.15) is 11.8 Å². The summed E-state index contributed by atoms with van der Waals surface area (Å²) < 4.78 is 18.8. The smallest absolute Gasteiger partial charge is 0.192 e. The van der Waals surface area contributed by atoms with Crippen molar-refractivity contribution in [2.75, 3.05) is 31.2 Å². The van der Waals surface area contributed by atoms with Crippen molar-refractivity contribution in [3.63, 3.8) is 0 Å². The van der Waals surface area contributed by atoms with Gasteiger partial charge in [0.2, 0.25) is 0 Å². The van der Waals surface area contributed by atoms with Crippen LogP contribution in [-0.4, -0.2) is 42.1 Å². The van der Waals surface area contributed by atoms with Gasteiger partial charge in [0, 0.05) is 30.2 Å². The molecule has 0 aliphatic carbocycles. The normalized spacial score (nSPS) is 21.9. The zero-order chi connectivity index (χ0) is 13.2. The van der Waals surface area contributed by atoms with Crippen molar-refractivity contribution in [1.82, 2.24) is 4.90 Å². The third-order valence-electron chi connectivity index (χ3n) is 3.35. The van der Waals surface area contributed by atoms with E-state index in [-0.39, 0.29) is 35.8 Å². The Morgan fingerprint density at radius 2 is 2.15 bits per heavy atom. The first-order chi connectivity index (χ1) is 9.24. The summed E-state index contributed by atoms with van der Waals surface area (Å²) in [6, 6.07) is 4.33. The highest BCUT2D eigenvalue weighted by Crippen LogP contribution is 2.35. The van der Waals surface area contributed by atoms with Crippen LogP contribution in [0.15, 0.2) is 23.2 Å². The molecule has 20 heavy (non-hydrogen) atoms. The Bertz CT molecular complexity index is 508. The molecule has 0 amide bonds. The van der Waals surface area contributed by atoms with E-state index < -0.39 is 0 Å². The number of guanidine groups is 1. The first-order valence-electron chi connectivity index (χ1n) is 6.32. The molecule has 1 unspecified atom stereocenters. The molecule has 0 bridgehead atoms. The molecule has 2 heterocycles. The molecular weight excluding hydrogens is 392 g/mol. The highest BCUT2D eigenvalue weighted by molar-refractivity contribution is 14.0. The lowest BCUT2D eigenvalue weighted by molar-refractivity contribution is 0.332. The van der Waals surface area contributed by atoms with E-state index in [1.807, 2.05) is 11.8 Å². The number of thioether (sulfide) groups is 1. The van der Waals surface area contributed by atoms with Crippen LogP contribution in [0.1, 0.15) is 11.6 Å². The molecule has 1 atom stereocenters. The number of nitrogens with two attached hydrogens (primary N) is 1. The second-order valence-electron chi connectivity index (χ2n) is 4.60. The molecule has 2 N–H and O–H groups in total. The topological polar surface area (TPSA) is 50.9 Å². The molecule has 1 aromatic rings. The molecule has 1 fully saturated rings. The van der Waals surface area contributed by atoms with Crippen LogP contribution in [0.2, 0.25) is 0 Å². The second-order valence-corrected chi connectivity index (χ2v) is 5.82. The maximum Gasteiger partial charge on any atom is 0.192 e. The van der Waals surface area contributed by atoms with Crippen molar-refractivity contribution in [1.29, 1.82) is 0 Å². The molecule has 0 aromatic heterocycles. The molecule has 110 valence electrons. The van der Waals surface area contributed by atoms with Crippen LogP contribution >= 0.6 is 35.7 Å². The summed E-state index contributed by atoms with van der Waals surface area (Å²) in [6.07, 6.45) is 0. The fourth-order valence-corrected chi connectivity index (χ4v) is 3.21. The van der Waals surface area contributed by atoms with Crippen LogP contribution < -0.4 is 10.5 Å². The lowest BCUT2D eigenvalue weighted by Gasteiger charge is -2.27. The van der Waals surface area contributed by atoms with E-state index in [1.54, 1.807) is 6.07 Å². The van der Waals surface area contributed by atoms with Crippen LogP contribution in [0.5, 0.6) is 5.75 Å². The van der Waals surface area contributed by atoms with Gasteiger partial charge in [-0.05, 0) is 18.2 Å². The van der Waals surface area contributed by atoms with Crippen LogP contribution in [0, 0.1) is 5.82 Å². The molecule has 0 spiro atoms. The molecule has 2 aliphatic rings. The Morgan fingerprint density at radius 3 is 2.90 bits per heavy atom. The van der Waals surface area contributed by atoms with E-state index in [4.69, 9.17) is 10.5 Å². The molecule has 3 rings (SSSR count). The van der Waals surface area contributed by atoms with E-state index in [9.17, 15) is 4.39 Å². The van der Waals surface area contributed by atoms with Crippen LogP contribution in [0.4, 0.5) is 4.39 Å². The summed E-state index contributed by atoms with van der Waals surface area (Å²) >= 11 is 1.92. The average Bonchev–Trinajstić information content (AvgIpc) is 2.82. The van der Waals surface area contributed by atoms with E-state index in [1.165, 1.54) is 12.1 Å². The van der Waals surface area contributed by atoms with E-state index in [2.05, 4.69) is 9.89 Å². The number of rotatable bonds is 1. The van der Waals surface area contributed by atoms with E-state index in [0.717, 1.165) is 30.2 Å². The fraction of sp³-hybridized carbons (Fsp3) is 0.462. The van der Waals surface area contributed by atoms with Crippen LogP contribution in [0.25, 0.3) is 0 Å². The predicted octanol–water partition coefficient (Wildman–Crippen LogP) is 2.24. The Kier molecular flexibility index (Phi) is 5.36. The molecule has 1 aromatic carbocycles. The standard InChI is InChI=1S/C13H16FN3OS.HI/c14-9-1-2-12-10(7-9)11(8-18-12)16-13(15)17-3-5-19-6-4-17;/h1-2,7,11H,3-6,8H2,(H2,15,16);1H. The number of halogens is 2. The Labute approximate surface area is 139 Å². The summed E-state index contributed by atoms with van der Waals surface area (Å²) in [7, 11) is 0. The van der Waals surface area contributed by atoms with Gasteiger partial charge in [0.15, 0.2) is 5.96 Å². The first-order valence-corrected chi connectivity index (χ1v) is 7.48. The summed E-state index contributed by atoms with van der Waals surface area (Å²) in [4.78, 5) is 6.58. The summed E-state index contributed by atoms with van der Waals surface area (Å²) in [5.41, 5.74) is 6.83. The molecule has 2 aliphatic heterocycles. The Morgan fingerprint density at radius 1 is 1.40 bits per heavy atom. The number of hydrogen-bond acceptors (Lipinski definition) is 3. The largest absolute Gasteiger partial charge is 0.491 e. The van der Waals surface area contributed by atoms with Gasteiger partial charge in [-0.25, -0.2) is 9.38 Å². The summed E-state index contributed by atoms with van der Waals surface area (Å²) in [5, 5.41) is 0. The number of nitrogens with zero attached hydrogens (tertiary/aromatic N) is 2. The van der Waals surface area contributed by atoms with Crippen molar-refractivity contribution >= 4 is 41.7 Å². The van der Waals surface area contributed by atoms with Crippen molar-refractivity contribution in [2.45, 2.75) is 6.04 Å². The van der Waals surface area contributed by atoms with Crippen molar-refractivity contribution < 1.29 is 9.13 Å². The van der Waals surface area contributed by atoms with Gasteiger partial charge in [0.05, 0.1) is 0 Å². The van der Waals surface area contributed by atoms with Gasteiger partial charge in [-0.15, -0.1) is 24.0 Å². The monoisotopic (exact) mass is 409 g/mol. The van der Waals surface area contributed by atoms with Gasteiger partial charge < -0.3 is 15.4 Å². The highest BCUT2D eigenvalue weighted by Gasteiger charge is 2.25. The van der Waals surface area contributed by atoms with Crippen molar-refractivity contribution in [2.24, 2.45) is 10.7 Å². The van der Waals surface area contributed by atoms with Gasteiger partial charge in [0.1, 0.15) is 24.2 Å². The third kappa shape index (κ3) is 3.30. The minimum Gasteiger partial charge on any atom is -0.491 e. The molecule has 4 nitrogen and oxygen atoms in total. The van der Waals surface area contributed by atoms with Crippen LogP contribution in [-0.2, 0) is 0 Å². The number of fused-ring (bicyclic) bond motifs is 1. The SMILES string of the molecule is I.NC(=NC1COc2ccc(F)cc21)N1CCSCC1. The molecule has 7 heteroatoms. The van der Waals surface area contributed by atoms with Gasteiger partial charge >= 0.3 is 0 Å². The molecule has 0 saturated carbocycles. The van der Waals surface area contributed by atoms with Crippen molar-refractivity contribution in [3.05, 3.63) is 29.6 Å². The van der Waals surface area contributed by atoms with Gasteiger partial charge in [-0.1, -0.05) is 0 Å². The fourth-order valence-electron chi connectivity index (χ4n) is 2.31. The van der Waals surface area contributed by atoms with Gasteiger partial charge in [0.25, 0.3) is 0 Å². The Hall–Kier alpha value is -0.700. The lowest BCUT2D eigenvalue weighted by atomic mass is 10.1. The van der Waals surface area contributed by atoms with E-state index >= 15 is 0 Å². The Balaban J connectivity index is 0.00000147. The number of hydrogen-bond donors (Lipinski definition) is 1. The molecular formula is C13H17FIN3OS. The minimum atomic E-state index is -0.266. The average molecular weight is 409 g/mol. The third-order valence-corrected chi connectivity index (χ3v) is 4.29.